The minimum atomic E-state index is 0. The van der Waals surface area contributed by atoms with Gasteiger partial charge < -0.3 is 27.6 Å². The molecular formula is C33H33Cl3N2O2. The van der Waals surface area contributed by atoms with Crippen molar-refractivity contribution < 1.29 is 27.6 Å². The fourth-order valence-electron chi connectivity index (χ4n) is 4.84. The second-order valence-electron chi connectivity index (χ2n) is 9.65. The van der Waals surface area contributed by atoms with Gasteiger partial charge in [0, 0.05) is 5.92 Å². The van der Waals surface area contributed by atoms with Crippen molar-refractivity contribution in [3.8, 4) is 28.7 Å². The first-order valence-electron chi connectivity index (χ1n) is 13.0. The lowest BCUT2D eigenvalue weighted by Crippen LogP contribution is -3.00. The topological polar surface area (TPSA) is 69.9 Å². The number of nitriles is 1. The molecule has 1 atom stereocenters. The summed E-state index contributed by atoms with van der Waals surface area (Å²) < 4.78 is 11.6. The SMILES string of the molecule is Cc1cc(Cl)c(OCCOc2ccc(CC(C[NH3+])c3ccc(-c4ccccc4CC#N)cc3C)cc2)c(Cl)c1.[Cl-]. The third-order valence-electron chi connectivity index (χ3n) is 6.80. The maximum absolute atomic E-state index is 9.20. The van der Waals surface area contributed by atoms with Crippen LogP contribution in [0.1, 0.15) is 33.7 Å². The minimum absolute atomic E-state index is 0. The van der Waals surface area contributed by atoms with Gasteiger partial charge in [-0.3, -0.25) is 0 Å². The second kappa shape index (κ2) is 15.0. The highest BCUT2D eigenvalue weighted by molar-refractivity contribution is 6.37. The Bertz CT molecular complexity index is 1440. The van der Waals surface area contributed by atoms with Gasteiger partial charge in [0.1, 0.15) is 19.0 Å². The predicted octanol–water partition coefficient (Wildman–Crippen LogP) is 4.37. The van der Waals surface area contributed by atoms with Gasteiger partial charge in [0.05, 0.1) is 29.1 Å². The van der Waals surface area contributed by atoms with Crippen LogP contribution in [0.25, 0.3) is 11.1 Å². The van der Waals surface area contributed by atoms with Crippen LogP contribution in [0.15, 0.2) is 78.9 Å². The van der Waals surface area contributed by atoms with Gasteiger partial charge in [-0.05, 0) is 83.5 Å². The van der Waals surface area contributed by atoms with Crippen LogP contribution >= 0.6 is 23.2 Å². The van der Waals surface area contributed by atoms with Gasteiger partial charge in [0.15, 0.2) is 5.75 Å². The molecule has 0 saturated heterocycles. The van der Waals surface area contributed by atoms with E-state index >= 15 is 0 Å². The van der Waals surface area contributed by atoms with Crippen LogP contribution in [-0.2, 0) is 12.8 Å². The van der Waals surface area contributed by atoms with E-state index in [1.807, 2.05) is 49.4 Å². The first-order valence-corrected chi connectivity index (χ1v) is 13.8. The fourth-order valence-corrected chi connectivity index (χ4v) is 5.55. The molecule has 4 rings (SSSR count). The van der Waals surface area contributed by atoms with E-state index < -0.39 is 0 Å². The van der Waals surface area contributed by atoms with E-state index in [1.165, 1.54) is 16.7 Å². The molecule has 0 aliphatic heterocycles. The van der Waals surface area contributed by atoms with Crippen LogP contribution in [0, 0.1) is 25.2 Å². The maximum atomic E-state index is 9.20. The quantitative estimate of drug-likeness (QED) is 0.262. The number of rotatable bonds is 11. The van der Waals surface area contributed by atoms with Gasteiger partial charge in [-0.25, -0.2) is 0 Å². The molecule has 0 aliphatic rings. The number of quaternary nitrogens is 1. The highest BCUT2D eigenvalue weighted by Crippen LogP contribution is 2.34. The van der Waals surface area contributed by atoms with Gasteiger partial charge in [0.25, 0.3) is 0 Å². The average Bonchev–Trinajstić information content (AvgIpc) is 2.92. The molecule has 3 N–H and O–H groups in total. The standard InChI is InChI=1S/C33H32Cl2N2O2.ClH/c1-22-17-31(34)33(32(35)18-22)39-16-15-38-28-10-7-24(8-11-28)20-27(21-37)29-12-9-26(19-23(29)2)30-6-4-3-5-25(30)13-14-36;/h3-12,17-19,27H,13,15-16,20-21,37H2,1-2H3;1H. The van der Waals surface area contributed by atoms with Crippen LogP contribution in [0.5, 0.6) is 11.5 Å². The second-order valence-corrected chi connectivity index (χ2v) is 10.5. The van der Waals surface area contributed by atoms with Crippen molar-refractivity contribution in [1.29, 1.82) is 5.26 Å². The molecule has 40 heavy (non-hydrogen) atoms. The molecule has 0 spiro atoms. The molecule has 7 heteroatoms. The molecule has 0 radical (unpaired) electrons. The Hall–Kier alpha value is -3.20. The summed E-state index contributed by atoms with van der Waals surface area (Å²) in [6.07, 6.45) is 1.29. The van der Waals surface area contributed by atoms with E-state index in [-0.39, 0.29) is 12.4 Å². The van der Waals surface area contributed by atoms with Crippen LogP contribution in [0.3, 0.4) is 0 Å². The summed E-state index contributed by atoms with van der Waals surface area (Å²) in [5, 5.41) is 10.2. The Morgan fingerprint density at radius 2 is 1.55 bits per heavy atom. The first-order chi connectivity index (χ1) is 18.9. The van der Waals surface area contributed by atoms with Gasteiger partial charge >= 0.3 is 0 Å². The Morgan fingerprint density at radius 3 is 2.20 bits per heavy atom. The molecule has 0 saturated carbocycles. The Balaban J connectivity index is 0.00000441. The lowest BCUT2D eigenvalue weighted by Gasteiger charge is -2.18. The van der Waals surface area contributed by atoms with E-state index in [0.29, 0.717) is 41.3 Å². The Morgan fingerprint density at radius 1 is 0.875 bits per heavy atom. The lowest BCUT2D eigenvalue weighted by molar-refractivity contribution is -0.372. The van der Waals surface area contributed by atoms with Gasteiger partial charge in [-0.2, -0.15) is 5.26 Å². The molecule has 4 nitrogen and oxygen atoms in total. The van der Waals surface area contributed by atoms with E-state index in [1.54, 1.807) is 0 Å². The summed E-state index contributed by atoms with van der Waals surface area (Å²) in [5.74, 6) is 1.57. The number of hydrogen-bond acceptors (Lipinski definition) is 3. The molecule has 0 amide bonds. The smallest absolute Gasteiger partial charge is 0.156 e. The van der Waals surface area contributed by atoms with E-state index in [9.17, 15) is 5.26 Å². The van der Waals surface area contributed by atoms with Crippen molar-refractivity contribution >= 4 is 23.2 Å². The largest absolute Gasteiger partial charge is 1.00 e. The van der Waals surface area contributed by atoms with E-state index in [0.717, 1.165) is 41.0 Å². The minimum Gasteiger partial charge on any atom is -1.00 e. The van der Waals surface area contributed by atoms with Crippen molar-refractivity contribution in [3.63, 3.8) is 0 Å². The number of aryl methyl sites for hydroxylation is 2. The summed E-state index contributed by atoms with van der Waals surface area (Å²) in [6, 6.07) is 28.8. The highest BCUT2D eigenvalue weighted by Gasteiger charge is 2.17. The number of ether oxygens (including phenoxy) is 2. The zero-order valence-electron chi connectivity index (χ0n) is 22.7. The molecule has 0 aromatic heterocycles. The molecule has 1 unspecified atom stereocenters. The van der Waals surface area contributed by atoms with Gasteiger partial charge in [-0.15, -0.1) is 0 Å². The monoisotopic (exact) mass is 594 g/mol. The molecular weight excluding hydrogens is 563 g/mol. The number of halogens is 3. The van der Waals surface area contributed by atoms with Crippen LogP contribution in [0.2, 0.25) is 10.0 Å². The van der Waals surface area contributed by atoms with Crippen molar-refractivity contribution in [2.75, 3.05) is 19.8 Å². The highest BCUT2D eigenvalue weighted by atomic mass is 35.5. The third-order valence-corrected chi connectivity index (χ3v) is 7.36. The molecule has 0 fully saturated rings. The first kappa shape index (κ1) is 31.3. The van der Waals surface area contributed by atoms with E-state index in [4.69, 9.17) is 32.7 Å². The number of nitrogens with zero attached hydrogens (tertiary/aromatic N) is 1. The van der Waals surface area contributed by atoms with Crippen molar-refractivity contribution in [2.24, 2.45) is 0 Å². The van der Waals surface area contributed by atoms with Crippen molar-refractivity contribution in [1.82, 2.24) is 0 Å². The predicted molar refractivity (Wildman–Crippen MR) is 159 cm³/mol. The number of benzene rings is 4. The molecule has 0 heterocycles. The van der Waals surface area contributed by atoms with E-state index in [2.05, 4.69) is 55.1 Å². The van der Waals surface area contributed by atoms with Crippen LogP contribution in [0.4, 0.5) is 0 Å². The molecule has 4 aromatic rings. The van der Waals surface area contributed by atoms with Gasteiger partial charge in [-0.1, -0.05) is 77.8 Å². The van der Waals surface area contributed by atoms with Crippen LogP contribution in [-0.4, -0.2) is 19.8 Å². The van der Waals surface area contributed by atoms with Crippen molar-refractivity contribution in [2.45, 2.75) is 32.6 Å². The molecule has 4 aromatic carbocycles. The Kier molecular flexibility index (Phi) is 11.7. The summed E-state index contributed by atoms with van der Waals surface area (Å²) in [7, 11) is 0. The van der Waals surface area contributed by atoms with Crippen LogP contribution < -0.4 is 27.6 Å². The van der Waals surface area contributed by atoms with Crippen molar-refractivity contribution in [3.05, 3.63) is 117 Å². The number of hydrogen-bond donors (Lipinski definition) is 1. The fraction of sp³-hybridized carbons (Fsp3) is 0.242. The zero-order chi connectivity index (χ0) is 27.8. The summed E-state index contributed by atoms with van der Waals surface area (Å²) in [6.45, 7) is 5.61. The third kappa shape index (κ3) is 7.93. The summed E-state index contributed by atoms with van der Waals surface area (Å²) >= 11 is 12.5. The summed E-state index contributed by atoms with van der Waals surface area (Å²) in [4.78, 5) is 0. The maximum Gasteiger partial charge on any atom is 0.156 e. The Labute approximate surface area is 253 Å². The normalized spacial score (nSPS) is 11.3. The summed E-state index contributed by atoms with van der Waals surface area (Å²) in [5.41, 5.74) is 12.3. The zero-order valence-corrected chi connectivity index (χ0v) is 25.0. The molecule has 0 bridgehead atoms. The average molecular weight is 596 g/mol. The molecule has 0 aliphatic carbocycles. The molecule has 208 valence electrons. The lowest BCUT2D eigenvalue weighted by atomic mass is 9.87. The van der Waals surface area contributed by atoms with Gasteiger partial charge in [0.2, 0.25) is 0 Å².